The van der Waals surface area contributed by atoms with Crippen molar-refractivity contribution in [2.75, 3.05) is 13.2 Å². The third-order valence-corrected chi connectivity index (χ3v) is 15.7. The highest BCUT2D eigenvalue weighted by molar-refractivity contribution is 5.72. The van der Waals surface area contributed by atoms with Crippen molar-refractivity contribution in [3.63, 3.8) is 0 Å². The smallest absolute Gasteiger partial charge is 0.344 e. The monoisotopic (exact) mass is 905 g/mol. The Bertz CT molecular complexity index is 2160. The van der Waals surface area contributed by atoms with E-state index < -0.39 is 11.2 Å². The molecular formula is C57H76O9. The number of benzene rings is 3. The summed E-state index contributed by atoms with van der Waals surface area (Å²) in [4.78, 5) is 38.5. The molecule has 1 unspecified atom stereocenters. The summed E-state index contributed by atoms with van der Waals surface area (Å²) in [6.07, 6.45) is 23.2. The molecule has 0 amide bonds. The molecule has 0 spiro atoms. The molecule has 0 aromatic heterocycles. The minimum atomic E-state index is -0.447. The van der Waals surface area contributed by atoms with Crippen LogP contribution < -0.4 is 14.2 Å². The van der Waals surface area contributed by atoms with E-state index in [1.54, 1.807) is 0 Å². The maximum atomic E-state index is 13.4. The number of ether oxygens (including phenoxy) is 5. The number of aryl methyl sites for hydroxylation is 2. The Morgan fingerprint density at radius 3 is 1.52 bits per heavy atom. The van der Waals surface area contributed by atoms with Crippen LogP contribution in [0.2, 0.25) is 0 Å². The summed E-state index contributed by atoms with van der Waals surface area (Å²) in [6, 6.07) is 17.1. The van der Waals surface area contributed by atoms with E-state index in [0.29, 0.717) is 5.75 Å². The van der Waals surface area contributed by atoms with Gasteiger partial charge in [0.15, 0.2) is 13.2 Å². The molecule has 358 valence electrons. The molecular weight excluding hydrogens is 829 g/mol. The molecule has 9 heteroatoms. The zero-order valence-electron chi connectivity index (χ0n) is 40.7. The summed E-state index contributed by atoms with van der Waals surface area (Å²) < 4.78 is 31.7. The van der Waals surface area contributed by atoms with Crippen molar-refractivity contribution in [3.05, 3.63) is 100.0 Å². The Balaban J connectivity index is 1.20. The number of para-hydroxylation sites is 1. The first-order valence-corrected chi connectivity index (χ1v) is 25.6. The summed E-state index contributed by atoms with van der Waals surface area (Å²) in [6.45, 7) is 14.3. The molecule has 0 bridgehead atoms. The van der Waals surface area contributed by atoms with E-state index in [1.807, 2.05) is 26.0 Å². The maximum Gasteiger partial charge on any atom is 0.344 e. The lowest BCUT2D eigenvalue weighted by atomic mass is 9.75. The fourth-order valence-corrected chi connectivity index (χ4v) is 11.9. The standard InChI is InChI=1S/C57H76O9/c1-39-33-50(61-38-53(59)64-56(5)29-17-18-30-56)47(42-21-9-7-10-22-42)35-45(39)54(44-25-13-14-26-49(44)60-37-52(58)63-55(4)27-15-16-28-55)46-36-48(43-23-11-8-12-24-43)51(34-40(46)2)62-41(3)65-66-57(6)31-19-20-32-57/h13-14,25-26,33-36,42-43,54H,3,7-12,15-24,27-32,37-38H2,1-2,4-6H3. The summed E-state index contributed by atoms with van der Waals surface area (Å²) in [5.41, 5.74) is 6.31. The van der Waals surface area contributed by atoms with Crippen molar-refractivity contribution in [3.8, 4) is 17.2 Å². The van der Waals surface area contributed by atoms with E-state index >= 15 is 0 Å². The molecule has 5 saturated carbocycles. The summed E-state index contributed by atoms with van der Waals surface area (Å²) in [5, 5.41) is 0. The van der Waals surface area contributed by atoms with E-state index in [2.05, 4.69) is 63.7 Å². The third kappa shape index (κ3) is 11.8. The lowest BCUT2D eigenvalue weighted by Gasteiger charge is -2.31. The predicted octanol–water partition coefficient (Wildman–Crippen LogP) is 14.2. The number of esters is 2. The Kier molecular flexibility index (Phi) is 15.4. The van der Waals surface area contributed by atoms with Crippen LogP contribution in [0.25, 0.3) is 0 Å². The van der Waals surface area contributed by atoms with Crippen molar-refractivity contribution in [1.82, 2.24) is 0 Å². The number of carbonyl (C=O) groups excluding carboxylic acids is 2. The maximum absolute atomic E-state index is 13.4. The van der Waals surface area contributed by atoms with Gasteiger partial charge in [0.25, 0.3) is 0 Å². The van der Waals surface area contributed by atoms with Gasteiger partial charge in [-0.15, -0.1) is 0 Å². The molecule has 0 N–H and O–H groups in total. The number of hydrogen-bond acceptors (Lipinski definition) is 9. The van der Waals surface area contributed by atoms with E-state index in [4.69, 9.17) is 33.5 Å². The van der Waals surface area contributed by atoms with Crippen molar-refractivity contribution >= 4 is 11.9 Å². The number of hydrogen-bond donors (Lipinski definition) is 0. The number of carbonyl (C=O) groups is 2. The van der Waals surface area contributed by atoms with Crippen LogP contribution in [0, 0.1) is 13.8 Å². The quantitative estimate of drug-likeness (QED) is 0.0406. The summed E-state index contributed by atoms with van der Waals surface area (Å²) >= 11 is 0. The van der Waals surface area contributed by atoms with Gasteiger partial charge in [-0.2, -0.15) is 4.89 Å². The minimum absolute atomic E-state index is 0.130. The highest BCUT2D eigenvalue weighted by Crippen LogP contribution is 2.48. The normalized spacial score (nSPS) is 20.9. The van der Waals surface area contributed by atoms with Gasteiger partial charge >= 0.3 is 17.9 Å². The van der Waals surface area contributed by atoms with Crippen LogP contribution in [0.1, 0.15) is 219 Å². The Hall–Kier alpha value is -4.50. The van der Waals surface area contributed by atoms with Crippen molar-refractivity contribution in [1.29, 1.82) is 0 Å². The van der Waals surface area contributed by atoms with Crippen molar-refractivity contribution in [2.45, 2.75) is 210 Å². The zero-order chi connectivity index (χ0) is 46.3. The predicted molar refractivity (Wildman–Crippen MR) is 257 cm³/mol. The second-order valence-corrected chi connectivity index (χ2v) is 21.3. The van der Waals surface area contributed by atoms with Crippen LogP contribution >= 0.6 is 0 Å². The molecule has 1 atom stereocenters. The van der Waals surface area contributed by atoms with Gasteiger partial charge in [0, 0.05) is 11.5 Å². The first-order chi connectivity index (χ1) is 31.8. The van der Waals surface area contributed by atoms with Gasteiger partial charge in [-0.25, -0.2) is 9.59 Å². The zero-order valence-corrected chi connectivity index (χ0v) is 40.7. The lowest BCUT2D eigenvalue weighted by Crippen LogP contribution is -2.31. The van der Waals surface area contributed by atoms with Crippen LogP contribution in [0.3, 0.4) is 0 Å². The Morgan fingerprint density at radius 1 is 0.561 bits per heavy atom. The second kappa shape index (κ2) is 21.2. The van der Waals surface area contributed by atoms with Crippen LogP contribution in [0.5, 0.6) is 17.2 Å². The highest BCUT2D eigenvalue weighted by Gasteiger charge is 2.36. The number of rotatable bonds is 18. The topological polar surface area (TPSA) is 98.8 Å². The van der Waals surface area contributed by atoms with Crippen molar-refractivity contribution < 1.29 is 43.0 Å². The van der Waals surface area contributed by atoms with Gasteiger partial charge in [0.1, 0.15) is 34.1 Å². The van der Waals surface area contributed by atoms with Gasteiger partial charge in [-0.1, -0.05) is 81.7 Å². The molecule has 0 heterocycles. The molecule has 0 aliphatic heterocycles. The lowest BCUT2D eigenvalue weighted by molar-refractivity contribution is -0.344. The molecule has 5 aliphatic rings. The average Bonchev–Trinajstić information content (AvgIpc) is 4.07. The fourth-order valence-electron chi connectivity index (χ4n) is 11.9. The first-order valence-electron chi connectivity index (χ1n) is 25.6. The molecule has 3 aromatic rings. The van der Waals surface area contributed by atoms with Crippen LogP contribution in [-0.2, 0) is 28.8 Å². The SMILES string of the molecule is C=C(OOC1(C)CCCC1)Oc1cc(C)c(C(c2cc(C3CCCCC3)c(OCC(=O)OC3(C)CCCC3)cc2C)c2ccccc2OCC(=O)OC2(C)CCCC2)cc1C1CCCCC1. The van der Waals surface area contributed by atoms with Crippen molar-refractivity contribution in [2.24, 2.45) is 0 Å². The third-order valence-electron chi connectivity index (χ3n) is 15.7. The van der Waals surface area contributed by atoms with Gasteiger partial charge in [0.2, 0.25) is 0 Å². The molecule has 0 radical (unpaired) electrons. The van der Waals surface area contributed by atoms with E-state index in [0.717, 1.165) is 179 Å². The summed E-state index contributed by atoms with van der Waals surface area (Å²) in [7, 11) is 0. The molecule has 0 saturated heterocycles. The molecule has 3 aromatic carbocycles. The highest BCUT2D eigenvalue weighted by atomic mass is 17.2. The Morgan fingerprint density at radius 2 is 1.00 bits per heavy atom. The molecule has 5 aliphatic carbocycles. The molecule has 9 nitrogen and oxygen atoms in total. The van der Waals surface area contributed by atoms with Crippen LogP contribution in [-0.4, -0.2) is 42.0 Å². The Labute approximate surface area is 394 Å². The van der Waals surface area contributed by atoms with E-state index in [9.17, 15) is 9.59 Å². The first kappa shape index (κ1) is 48.0. The molecule has 8 rings (SSSR count). The van der Waals surface area contributed by atoms with Gasteiger partial charge in [-0.05, 0) is 195 Å². The fraction of sp³-hybridized carbons (Fsp3) is 0.614. The van der Waals surface area contributed by atoms with Crippen LogP contribution in [0.15, 0.2) is 61.1 Å². The average molecular weight is 905 g/mol. The molecule has 5 fully saturated rings. The van der Waals surface area contributed by atoms with Gasteiger partial charge in [0.05, 0.1) is 0 Å². The van der Waals surface area contributed by atoms with Gasteiger partial charge in [-0.3, -0.25) is 4.89 Å². The minimum Gasteiger partial charge on any atom is -0.482 e. The summed E-state index contributed by atoms with van der Waals surface area (Å²) in [5.74, 6) is 1.85. The largest absolute Gasteiger partial charge is 0.482 e. The molecule has 66 heavy (non-hydrogen) atoms. The van der Waals surface area contributed by atoms with Gasteiger partial charge < -0.3 is 23.7 Å². The van der Waals surface area contributed by atoms with E-state index in [1.165, 1.54) is 12.8 Å². The second-order valence-electron chi connectivity index (χ2n) is 21.3. The van der Waals surface area contributed by atoms with E-state index in [-0.39, 0.29) is 54.5 Å². The van der Waals surface area contributed by atoms with Crippen LogP contribution in [0.4, 0.5) is 0 Å².